The summed E-state index contributed by atoms with van der Waals surface area (Å²) in [5.74, 6) is -0.0927. The molecule has 0 saturated carbocycles. The number of imidazole rings is 1. The van der Waals surface area contributed by atoms with Gasteiger partial charge in [0.25, 0.3) is 0 Å². The summed E-state index contributed by atoms with van der Waals surface area (Å²) in [6, 6.07) is 14.4. The lowest BCUT2D eigenvalue weighted by Gasteiger charge is -2.31. The summed E-state index contributed by atoms with van der Waals surface area (Å²) in [6.07, 6.45) is -1.70. The molecule has 248 valence electrons. The molecule has 2 aliphatic heterocycles. The molecule has 0 aliphatic carbocycles. The highest BCUT2D eigenvalue weighted by Gasteiger charge is 2.44. The Kier molecular flexibility index (Phi) is 10.6. The normalized spacial score (nSPS) is 20.8. The molecule has 0 bridgehead atoms. The third-order valence-corrected chi connectivity index (χ3v) is 9.71. The maximum atomic E-state index is 13.9. The van der Waals surface area contributed by atoms with Gasteiger partial charge in [-0.2, -0.15) is 4.31 Å². The van der Waals surface area contributed by atoms with E-state index in [9.17, 15) is 23.1 Å². The van der Waals surface area contributed by atoms with E-state index in [4.69, 9.17) is 19.3 Å². The van der Waals surface area contributed by atoms with Gasteiger partial charge in [0, 0.05) is 24.8 Å². The van der Waals surface area contributed by atoms with Crippen LogP contribution in [0.25, 0.3) is 11.3 Å². The Morgan fingerprint density at radius 3 is 2.54 bits per heavy atom. The van der Waals surface area contributed by atoms with Gasteiger partial charge >= 0.3 is 12.2 Å². The number of carboxylic acid groups (broad SMARTS) is 1. The molecule has 3 heterocycles. The van der Waals surface area contributed by atoms with Crippen LogP contribution in [0.5, 0.6) is 0 Å². The predicted molar refractivity (Wildman–Crippen MR) is 166 cm³/mol. The van der Waals surface area contributed by atoms with Gasteiger partial charge in [-0.3, -0.25) is 5.32 Å². The Morgan fingerprint density at radius 1 is 1.11 bits per heavy atom. The average Bonchev–Trinajstić information content (AvgIpc) is 3.76. The number of sulfonamides is 1. The van der Waals surface area contributed by atoms with Crippen molar-refractivity contribution in [3.63, 3.8) is 0 Å². The first-order chi connectivity index (χ1) is 22.0. The van der Waals surface area contributed by atoms with Crippen molar-refractivity contribution < 1.29 is 42.4 Å². The Hall–Kier alpha value is -4.02. The predicted octanol–water partition coefficient (Wildman–Crippen LogP) is 3.27. The van der Waals surface area contributed by atoms with Crippen LogP contribution >= 0.6 is 0 Å². The summed E-state index contributed by atoms with van der Waals surface area (Å²) in [5, 5.41) is 25.3. The first kappa shape index (κ1) is 33.3. The molecule has 15 heteroatoms. The minimum absolute atomic E-state index is 0.00469. The zero-order chi connectivity index (χ0) is 32.8. The van der Waals surface area contributed by atoms with Crippen molar-refractivity contribution in [2.75, 3.05) is 31.6 Å². The van der Waals surface area contributed by atoms with E-state index in [1.54, 1.807) is 12.1 Å². The molecular weight excluding hydrogens is 618 g/mol. The Morgan fingerprint density at radius 2 is 1.85 bits per heavy atom. The summed E-state index contributed by atoms with van der Waals surface area (Å²) in [5.41, 5.74) is 1.83. The van der Waals surface area contributed by atoms with E-state index >= 15 is 0 Å². The molecule has 2 aliphatic rings. The number of aliphatic hydroxyl groups is 1. The average molecular weight is 658 g/mol. The van der Waals surface area contributed by atoms with Crippen LogP contribution in [-0.2, 0) is 30.7 Å². The van der Waals surface area contributed by atoms with Gasteiger partial charge < -0.3 is 34.7 Å². The fourth-order valence-electron chi connectivity index (χ4n) is 5.62. The van der Waals surface area contributed by atoms with Crippen LogP contribution in [0.1, 0.15) is 25.8 Å². The molecule has 0 spiro atoms. The summed E-state index contributed by atoms with van der Waals surface area (Å²) < 4.78 is 45.8. The molecule has 2 aromatic carbocycles. The van der Waals surface area contributed by atoms with E-state index in [0.717, 1.165) is 5.56 Å². The summed E-state index contributed by atoms with van der Waals surface area (Å²) in [6.45, 7) is 4.33. The molecule has 1 aromatic heterocycles. The molecule has 2 saturated heterocycles. The van der Waals surface area contributed by atoms with Crippen molar-refractivity contribution >= 4 is 28.2 Å². The largest absolute Gasteiger partial charge is 0.465 e. The lowest BCUT2D eigenvalue weighted by Crippen LogP contribution is -2.51. The maximum absolute atomic E-state index is 13.9. The standard InChI is InChI=1S/C31H39N5O9S/c1-19(2)16-36(46(41,42)22-10-8-21(9-11-22)25-15-32-29(33-25)35-30(38)39)17-26(37)24(14-20-6-4-3-5-7-20)34-31(40)45-27-18-44-28-23(27)12-13-43-28/h3-11,15,19,23-24,26-28,37H,12-14,16-18H2,1-2H3,(H,34,40)(H,38,39)(H2,32,33,35)/t23?,24-,26+,27?,28?/m0/s1. The molecule has 5 atom stereocenters. The number of benzene rings is 2. The number of aromatic amines is 1. The fraction of sp³-hybridized carbons (Fsp3) is 0.452. The number of nitrogens with zero attached hydrogens (tertiary/aromatic N) is 2. The van der Waals surface area contributed by atoms with Crippen molar-refractivity contribution in [1.29, 1.82) is 0 Å². The number of hydrogen-bond donors (Lipinski definition) is 5. The van der Waals surface area contributed by atoms with E-state index in [1.165, 1.54) is 22.6 Å². The van der Waals surface area contributed by atoms with Crippen molar-refractivity contribution in [3.8, 4) is 11.3 Å². The SMILES string of the molecule is CC(C)CN(C[C@@H](O)[C@H](Cc1ccccc1)NC(=O)OC1COC2OCCC12)S(=O)(=O)c1ccc(-c2c[nH]c(NC(=O)O)n2)cc1. The van der Waals surface area contributed by atoms with Crippen molar-refractivity contribution in [1.82, 2.24) is 19.6 Å². The first-order valence-electron chi connectivity index (χ1n) is 15.1. The second kappa shape index (κ2) is 14.6. The minimum Gasteiger partial charge on any atom is -0.465 e. The number of aromatic nitrogens is 2. The maximum Gasteiger partial charge on any atom is 0.411 e. The van der Waals surface area contributed by atoms with Gasteiger partial charge in [0.05, 0.1) is 41.9 Å². The highest BCUT2D eigenvalue weighted by molar-refractivity contribution is 7.89. The van der Waals surface area contributed by atoms with Gasteiger partial charge in [-0.25, -0.2) is 23.0 Å². The zero-order valence-corrected chi connectivity index (χ0v) is 26.4. The van der Waals surface area contributed by atoms with Crippen LogP contribution in [-0.4, -0.2) is 95.9 Å². The molecule has 0 radical (unpaired) electrons. The number of aliphatic hydroxyl groups excluding tert-OH is 1. The number of fused-ring (bicyclic) bond motifs is 1. The molecule has 2 amide bonds. The van der Waals surface area contributed by atoms with Crippen LogP contribution in [0.2, 0.25) is 0 Å². The van der Waals surface area contributed by atoms with E-state index < -0.39 is 46.7 Å². The van der Waals surface area contributed by atoms with Crippen LogP contribution in [0.15, 0.2) is 65.7 Å². The van der Waals surface area contributed by atoms with Gasteiger partial charge in [-0.15, -0.1) is 0 Å². The molecule has 5 rings (SSSR count). The van der Waals surface area contributed by atoms with Gasteiger partial charge in [0.1, 0.15) is 6.10 Å². The van der Waals surface area contributed by atoms with Crippen LogP contribution in [0.4, 0.5) is 15.5 Å². The van der Waals surface area contributed by atoms with Crippen LogP contribution in [0, 0.1) is 11.8 Å². The number of rotatable bonds is 13. The Labute approximate surface area is 267 Å². The number of carbonyl (C=O) groups excluding carboxylic acids is 1. The molecule has 46 heavy (non-hydrogen) atoms. The van der Waals surface area contributed by atoms with Gasteiger partial charge in [0.15, 0.2) is 6.29 Å². The second-order valence-corrected chi connectivity index (χ2v) is 13.7. The summed E-state index contributed by atoms with van der Waals surface area (Å²) >= 11 is 0. The topological polar surface area (TPSA) is 192 Å². The zero-order valence-electron chi connectivity index (χ0n) is 25.5. The minimum atomic E-state index is -4.08. The third kappa shape index (κ3) is 8.22. The molecular formula is C31H39N5O9S. The van der Waals surface area contributed by atoms with E-state index in [1.807, 2.05) is 44.2 Å². The highest BCUT2D eigenvalue weighted by Crippen LogP contribution is 2.33. The van der Waals surface area contributed by atoms with E-state index in [2.05, 4.69) is 20.6 Å². The number of ether oxygens (including phenoxy) is 3. The molecule has 3 unspecified atom stereocenters. The highest BCUT2D eigenvalue weighted by atomic mass is 32.2. The third-order valence-electron chi connectivity index (χ3n) is 7.86. The summed E-state index contributed by atoms with van der Waals surface area (Å²) in [7, 11) is -4.08. The number of alkyl carbamates (subject to hydrolysis) is 1. The number of anilines is 1. The quantitative estimate of drug-likeness (QED) is 0.182. The van der Waals surface area contributed by atoms with Crippen molar-refractivity contribution in [2.45, 2.75) is 56.1 Å². The second-order valence-electron chi connectivity index (χ2n) is 11.8. The number of carbonyl (C=O) groups is 2. The van der Waals surface area contributed by atoms with Crippen LogP contribution < -0.4 is 10.6 Å². The molecule has 5 N–H and O–H groups in total. The number of nitrogens with one attached hydrogen (secondary N) is 3. The van der Waals surface area contributed by atoms with Crippen LogP contribution in [0.3, 0.4) is 0 Å². The summed E-state index contributed by atoms with van der Waals surface area (Å²) in [4.78, 5) is 30.8. The lowest BCUT2D eigenvalue weighted by atomic mass is 10.0. The number of hydrogen-bond acceptors (Lipinski definition) is 9. The van der Waals surface area contributed by atoms with E-state index in [-0.39, 0.29) is 48.8 Å². The monoisotopic (exact) mass is 657 g/mol. The molecule has 3 aromatic rings. The van der Waals surface area contributed by atoms with Gasteiger partial charge in [0.2, 0.25) is 16.0 Å². The Balaban J connectivity index is 1.32. The number of amides is 2. The van der Waals surface area contributed by atoms with Crippen molar-refractivity contribution in [3.05, 3.63) is 66.4 Å². The first-order valence-corrected chi connectivity index (χ1v) is 16.5. The smallest absolute Gasteiger partial charge is 0.411 e. The fourth-order valence-corrected chi connectivity index (χ4v) is 7.24. The molecule has 2 fully saturated rings. The van der Waals surface area contributed by atoms with Gasteiger partial charge in [-0.05, 0) is 36.5 Å². The van der Waals surface area contributed by atoms with Crippen molar-refractivity contribution in [2.24, 2.45) is 11.8 Å². The van der Waals surface area contributed by atoms with E-state index in [0.29, 0.717) is 24.3 Å². The number of H-pyrrole nitrogens is 1. The lowest BCUT2D eigenvalue weighted by molar-refractivity contribution is -0.0907. The molecule has 14 nitrogen and oxygen atoms in total. The Bertz CT molecular complexity index is 1580. The van der Waals surface area contributed by atoms with Gasteiger partial charge in [-0.1, -0.05) is 56.3 Å².